The molecule has 2 aromatic rings. The molecular weight excluding hydrogens is 416 g/mol. The number of anilines is 2. The Morgan fingerprint density at radius 1 is 1.19 bits per heavy atom. The molecule has 0 unspecified atom stereocenters. The molecule has 0 bridgehead atoms. The van der Waals surface area contributed by atoms with Crippen LogP contribution >= 0.6 is 0 Å². The van der Waals surface area contributed by atoms with Gasteiger partial charge in [0.05, 0.1) is 11.7 Å². The van der Waals surface area contributed by atoms with Crippen molar-refractivity contribution in [2.45, 2.75) is 57.0 Å². The summed E-state index contributed by atoms with van der Waals surface area (Å²) in [6, 6.07) is 4.68. The summed E-state index contributed by atoms with van der Waals surface area (Å²) < 4.78 is 53.3. The van der Waals surface area contributed by atoms with Crippen LogP contribution in [0.1, 0.15) is 43.7 Å². The number of hydrogen-bond acceptors (Lipinski definition) is 6. The van der Waals surface area contributed by atoms with E-state index in [1.54, 1.807) is 11.8 Å². The number of aliphatic hydroxyl groups excluding tert-OH is 1. The minimum absolute atomic E-state index is 0.00363. The van der Waals surface area contributed by atoms with E-state index in [0.29, 0.717) is 24.9 Å². The first-order chi connectivity index (χ1) is 14.6. The van der Waals surface area contributed by atoms with Crippen LogP contribution in [0, 0.1) is 5.82 Å². The monoisotopic (exact) mass is 442 g/mol. The number of hydrogen-bond donors (Lipinski definition) is 3. The molecule has 3 rings (SSSR count). The number of benzene rings is 1. The zero-order valence-corrected chi connectivity index (χ0v) is 17.2. The van der Waals surface area contributed by atoms with Gasteiger partial charge in [-0.15, -0.1) is 0 Å². The number of nitrogens with zero attached hydrogens (tertiary/aromatic N) is 3. The second-order valence-corrected chi connectivity index (χ2v) is 7.79. The Balaban J connectivity index is 1.74. The third-order valence-corrected chi connectivity index (χ3v) is 5.63. The van der Waals surface area contributed by atoms with Crippen LogP contribution in [0.15, 0.2) is 30.6 Å². The zero-order chi connectivity index (χ0) is 22.6. The highest BCUT2D eigenvalue weighted by molar-refractivity contribution is 5.51. The van der Waals surface area contributed by atoms with Crippen molar-refractivity contribution in [3.63, 3.8) is 0 Å². The van der Waals surface area contributed by atoms with E-state index in [-0.39, 0.29) is 24.7 Å². The lowest BCUT2D eigenvalue weighted by Crippen LogP contribution is -2.50. The Labute approximate surface area is 177 Å². The summed E-state index contributed by atoms with van der Waals surface area (Å²) in [5, 5.41) is 23.5. The molecule has 0 radical (unpaired) electrons. The Morgan fingerprint density at radius 2 is 1.90 bits per heavy atom. The molecule has 170 valence electrons. The van der Waals surface area contributed by atoms with Crippen molar-refractivity contribution in [3.05, 3.63) is 47.5 Å². The topological polar surface area (TPSA) is 81.5 Å². The van der Waals surface area contributed by atoms with Crippen LogP contribution in [0.3, 0.4) is 0 Å². The number of nitrogens with one attached hydrogen (secondary N) is 1. The highest BCUT2D eigenvalue weighted by Gasteiger charge is 2.38. The molecule has 6 nitrogen and oxygen atoms in total. The Hall–Kier alpha value is -2.46. The molecule has 1 heterocycles. The predicted molar refractivity (Wildman–Crippen MR) is 108 cm³/mol. The van der Waals surface area contributed by atoms with E-state index in [1.165, 1.54) is 18.5 Å². The van der Waals surface area contributed by atoms with Crippen molar-refractivity contribution in [1.82, 2.24) is 9.97 Å². The third-order valence-electron chi connectivity index (χ3n) is 5.63. The van der Waals surface area contributed by atoms with Crippen molar-refractivity contribution in [2.24, 2.45) is 0 Å². The van der Waals surface area contributed by atoms with Gasteiger partial charge in [0, 0.05) is 19.6 Å². The molecule has 1 aromatic carbocycles. The molecule has 0 saturated heterocycles. The molecule has 1 aliphatic carbocycles. The smallest absolute Gasteiger partial charge is 0.390 e. The van der Waals surface area contributed by atoms with E-state index >= 15 is 4.39 Å². The van der Waals surface area contributed by atoms with Crippen molar-refractivity contribution in [3.8, 4) is 0 Å². The fourth-order valence-electron chi connectivity index (χ4n) is 3.71. The molecule has 31 heavy (non-hydrogen) atoms. The average Bonchev–Trinajstić information content (AvgIpc) is 2.73. The van der Waals surface area contributed by atoms with Gasteiger partial charge in [-0.05, 0) is 37.5 Å². The number of aliphatic hydroxyl groups is 2. The van der Waals surface area contributed by atoms with Gasteiger partial charge in [-0.2, -0.15) is 17.6 Å². The lowest BCUT2D eigenvalue weighted by molar-refractivity contribution is -0.137. The summed E-state index contributed by atoms with van der Waals surface area (Å²) >= 11 is 0. The largest absolute Gasteiger partial charge is 0.416 e. The third kappa shape index (κ3) is 5.43. The lowest BCUT2D eigenvalue weighted by Gasteiger charge is -2.37. The fraction of sp³-hybridized carbons (Fsp3) is 0.524. The summed E-state index contributed by atoms with van der Waals surface area (Å²) in [5.74, 6) is -0.844. The molecule has 10 heteroatoms. The molecule has 3 N–H and O–H groups in total. The minimum atomic E-state index is -4.42. The first kappa shape index (κ1) is 23.2. The first-order valence-corrected chi connectivity index (χ1v) is 10.2. The van der Waals surface area contributed by atoms with Gasteiger partial charge < -0.3 is 20.4 Å². The standard InChI is InChI=1S/C21H26F4N4O2/c1-2-29(11-14-6-8-15(9-7-14)21(23,24)25)19-17(22)18(27-13-28-19)26-12-20(31)10-4-3-5-16(20)30/h6-9,13,16,30-31H,2-5,10-12H2,1H3,(H,26,27,28)/t16-,20-/m0/s1. The second-order valence-electron chi connectivity index (χ2n) is 7.79. The maximum absolute atomic E-state index is 15.1. The van der Waals surface area contributed by atoms with Gasteiger partial charge >= 0.3 is 6.18 Å². The van der Waals surface area contributed by atoms with Gasteiger partial charge in [0.2, 0.25) is 5.82 Å². The molecule has 0 amide bonds. The van der Waals surface area contributed by atoms with E-state index in [1.807, 2.05) is 0 Å². The molecule has 2 atom stereocenters. The molecule has 0 aliphatic heterocycles. The van der Waals surface area contributed by atoms with Gasteiger partial charge in [-0.3, -0.25) is 0 Å². The molecule has 1 aromatic heterocycles. The van der Waals surface area contributed by atoms with E-state index in [2.05, 4.69) is 15.3 Å². The molecule has 0 spiro atoms. The predicted octanol–water partition coefficient (Wildman–Crippen LogP) is 3.74. The van der Waals surface area contributed by atoms with Crippen molar-refractivity contribution < 1.29 is 27.8 Å². The van der Waals surface area contributed by atoms with E-state index in [0.717, 1.165) is 25.0 Å². The summed E-state index contributed by atoms with van der Waals surface area (Å²) in [6.07, 6.45) is -1.67. The fourth-order valence-corrected chi connectivity index (χ4v) is 3.71. The Morgan fingerprint density at radius 3 is 2.52 bits per heavy atom. The van der Waals surface area contributed by atoms with Crippen molar-refractivity contribution >= 4 is 11.6 Å². The van der Waals surface area contributed by atoms with Crippen LogP contribution in [-0.4, -0.2) is 45.0 Å². The van der Waals surface area contributed by atoms with Crippen molar-refractivity contribution in [2.75, 3.05) is 23.3 Å². The van der Waals surface area contributed by atoms with Crippen LogP contribution in [0.5, 0.6) is 0 Å². The SMILES string of the molecule is CCN(Cc1ccc(C(F)(F)F)cc1)c1ncnc(NC[C@@]2(O)CCCC[C@@H]2O)c1F. The average molecular weight is 442 g/mol. The van der Waals surface area contributed by atoms with Crippen LogP contribution in [0.2, 0.25) is 0 Å². The van der Waals surface area contributed by atoms with Gasteiger partial charge in [-0.25, -0.2) is 9.97 Å². The van der Waals surface area contributed by atoms with Gasteiger partial charge in [-0.1, -0.05) is 25.0 Å². The number of rotatable bonds is 7. The number of alkyl halides is 3. The normalized spacial score (nSPS) is 21.7. The summed E-state index contributed by atoms with van der Waals surface area (Å²) in [7, 11) is 0. The number of halogens is 4. The molecule has 1 saturated carbocycles. The quantitative estimate of drug-likeness (QED) is 0.567. The summed E-state index contributed by atoms with van der Waals surface area (Å²) in [6.45, 7) is 2.23. The van der Waals surface area contributed by atoms with E-state index < -0.39 is 29.3 Å². The summed E-state index contributed by atoms with van der Waals surface area (Å²) in [5.41, 5.74) is -1.54. The van der Waals surface area contributed by atoms with Gasteiger partial charge in [0.1, 0.15) is 11.9 Å². The molecular formula is C21H26F4N4O2. The van der Waals surface area contributed by atoms with Crippen molar-refractivity contribution in [1.29, 1.82) is 0 Å². The van der Waals surface area contributed by atoms with Gasteiger partial charge in [0.25, 0.3) is 0 Å². The lowest BCUT2D eigenvalue weighted by atomic mass is 9.82. The van der Waals surface area contributed by atoms with E-state index in [9.17, 15) is 23.4 Å². The van der Waals surface area contributed by atoms with E-state index in [4.69, 9.17) is 0 Å². The zero-order valence-electron chi connectivity index (χ0n) is 17.2. The number of aromatic nitrogens is 2. The second kappa shape index (κ2) is 9.35. The maximum Gasteiger partial charge on any atom is 0.416 e. The molecule has 1 aliphatic rings. The highest BCUT2D eigenvalue weighted by atomic mass is 19.4. The first-order valence-electron chi connectivity index (χ1n) is 10.2. The maximum atomic E-state index is 15.1. The van der Waals surface area contributed by atoms with Crippen LogP contribution in [0.25, 0.3) is 0 Å². The Kier molecular flexibility index (Phi) is 7.00. The van der Waals surface area contributed by atoms with Crippen LogP contribution in [0.4, 0.5) is 29.2 Å². The minimum Gasteiger partial charge on any atom is -0.390 e. The summed E-state index contributed by atoms with van der Waals surface area (Å²) in [4.78, 5) is 9.48. The highest BCUT2D eigenvalue weighted by Crippen LogP contribution is 2.31. The van der Waals surface area contributed by atoms with Crippen LogP contribution < -0.4 is 10.2 Å². The van der Waals surface area contributed by atoms with Crippen LogP contribution in [-0.2, 0) is 12.7 Å². The molecule has 1 fully saturated rings. The Bertz CT molecular complexity index is 879. The van der Waals surface area contributed by atoms with Gasteiger partial charge in [0.15, 0.2) is 11.6 Å².